The highest BCUT2D eigenvalue weighted by Gasteiger charge is 2.64. The standard InChI is InChI=1S/C27H46Br2/c1-18(2)7-6-8-19(3)22-9-10-23-21-12-16-27(29)17-20(28)11-15-26(27,5)24(21)13-14-25(22,23)4/h18-24H,6-17H2,1-5H3/t19-,20-,21+,22-,23+,24+,25-,26-,27+/m1/s1. The van der Waals surface area contributed by atoms with Gasteiger partial charge in [-0.2, -0.15) is 0 Å². The van der Waals surface area contributed by atoms with Crippen LogP contribution >= 0.6 is 31.9 Å². The Morgan fingerprint density at radius 3 is 2.34 bits per heavy atom. The van der Waals surface area contributed by atoms with Crippen LogP contribution in [0.25, 0.3) is 0 Å². The molecule has 0 N–H and O–H groups in total. The van der Waals surface area contributed by atoms with E-state index in [9.17, 15) is 0 Å². The van der Waals surface area contributed by atoms with Crippen molar-refractivity contribution in [3.05, 3.63) is 0 Å². The van der Waals surface area contributed by atoms with Gasteiger partial charge in [0, 0.05) is 9.15 Å². The highest BCUT2D eigenvalue weighted by atomic mass is 79.9. The molecule has 4 rings (SSSR count). The summed E-state index contributed by atoms with van der Waals surface area (Å²) in [4.78, 5) is 0.725. The van der Waals surface area contributed by atoms with Gasteiger partial charge in [0.05, 0.1) is 0 Å². The van der Waals surface area contributed by atoms with E-state index in [2.05, 4.69) is 66.5 Å². The molecule has 9 atom stereocenters. The number of alkyl halides is 2. The monoisotopic (exact) mass is 528 g/mol. The minimum atomic E-state index is 0.392. The summed E-state index contributed by atoms with van der Waals surface area (Å²) >= 11 is 8.34. The van der Waals surface area contributed by atoms with Crippen LogP contribution in [0.15, 0.2) is 0 Å². The van der Waals surface area contributed by atoms with Gasteiger partial charge >= 0.3 is 0 Å². The molecule has 168 valence electrons. The Morgan fingerprint density at radius 1 is 0.862 bits per heavy atom. The van der Waals surface area contributed by atoms with Crippen LogP contribution in [0.1, 0.15) is 112 Å². The zero-order valence-electron chi connectivity index (χ0n) is 19.8. The lowest BCUT2D eigenvalue weighted by Gasteiger charge is -2.64. The highest BCUT2D eigenvalue weighted by Crippen LogP contribution is 2.71. The van der Waals surface area contributed by atoms with Gasteiger partial charge in [0.2, 0.25) is 0 Å². The van der Waals surface area contributed by atoms with Gasteiger partial charge in [0.25, 0.3) is 0 Å². The zero-order chi connectivity index (χ0) is 21.0. The second-order valence-corrected chi connectivity index (χ2v) is 15.5. The van der Waals surface area contributed by atoms with E-state index in [-0.39, 0.29) is 0 Å². The van der Waals surface area contributed by atoms with E-state index in [4.69, 9.17) is 0 Å². The van der Waals surface area contributed by atoms with Crippen LogP contribution in [-0.2, 0) is 0 Å². The molecule has 0 spiro atoms. The molecule has 2 heteroatoms. The fourth-order valence-electron chi connectivity index (χ4n) is 9.17. The van der Waals surface area contributed by atoms with Gasteiger partial charge in [-0.05, 0) is 104 Å². The largest absolute Gasteiger partial charge is 0.0890 e. The molecule has 0 aromatic heterocycles. The molecule has 4 saturated carbocycles. The van der Waals surface area contributed by atoms with E-state index < -0.39 is 0 Å². The second kappa shape index (κ2) is 8.39. The third-order valence-electron chi connectivity index (χ3n) is 10.9. The lowest BCUT2D eigenvalue weighted by atomic mass is 9.44. The SMILES string of the molecule is CC(C)CCC[C@@H](C)[C@H]1CC[C@H]2[C@@H]3CC[C@]4(Br)C[C@H](Br)CC[C@]4(C)[C@H]3CC[C@]12C. The van der Waals surface area contributed by atoms with Crippen molar-refractivity contribution in [1.82, 2.24) is 0 Å². The average Bonchev–Trinajstić information content (AvgIpc) is 2.99. The molecule has 0 radical (unpaired) electrons. The van der Waals surface area contributed by atoms with Crippen molar-refractivity contribution in [3.8, 4) is 0 Å². The van der Waals surface area contributed by atoms with Crippen LogP contribution in [0.2, 0.25) is 0 Å². The Hall–Kier alpha value is 0.960. The van der Waals surface area contributed by atoms with E-state index in [0.717, 1.165) is 40.3 Å². The highest BCUT2D eigenvalue weighted by molar-refractivity contribution is 9.10. The molecule has 0 bridgehead atoms. The Balaban J connectivity index is 1.49. The van der Waals surface area contributed by atoms with Crippen molar-refractivity contribution < 1.29 is 0 Å². The first-order chi connectivity index (χ1) is 13.6. The molecule has 29 heavy (non-hydrogen) atoms. The third kappa shape index (κ3) is 3.85. The molecule has 4 aliphatic carbocycles. The molecule has 0 aromatic carbocycles. The van der Waals surface area contributed by atoms with Crippen molar-refractivity contribution in [2.24, 2.45) is 46.3 Å². The van der Waals surface area contributed by atoms with Gasteiger partial charge in [0.1, 0.15) is 0 Å². The maximum absolute atomic E-state index is 4.36. The van der Waals surface area contributed by atoms with Crippen molar-refractivity contribution in [2.75, 3.05) is 0 Å². The molecule has 0 amide bonds. The summed E-state index contributed by atoms with van der Waals surface area (Å²) in [6, 6.07) is 0. The zero-order valence-corrected chi connectivity index (χ0v) is 23.0. The molecule has 0 unspecified atom stereocenters. The summed E-state index contributed by atoms with van der Waals surface area (Å²) in [5.41, 5.74) is 1.15. The van der Waals surface area contributed by atoms with Gasteiger partial charge in [-0.3, -0.25) is 0 Å². The molecule has 0 aliphatic heterocycles. The number of hydrogen-bond donors (Lipinski definition) is 0. The minimum Gasteiger partial charge on any atom is -0.0890 e. The number of fused-ring (bicyclic) bond motifs is 5. The van der Waals surface area contributed by atoms with Crippen molar-refractivity contribution in [2.45, 2.75) is 121 Å². The molecule has 4 fully saturated rings. The van der Waals surface area contributed by atoms with Crippen molar-refractivity contribution >= 4 is 31.9 Å². The Kier molecular flexibility index (Phi) is 6.69. The van der Waals surface area contributed by atoms with Crippen LogP contribution in [0, 0.1) is 46.3 Å². The predicted molar refractivity (Wildman–Crippen MR) is 134 cm³/mol. The van der Waals surface area contributed by atoms with E-state index >= 15 is 0 Å². The first kappa shape index (κ1) is 23.1. The maximum Gasteiger partial charge on any atom is 0.0325 e. The van der Waals surface area contributed by atoms with Crippen LogP contribution < -0.4 is 0 Å². The Labute approximate surface area is 198 Å². The molecule has 0 heterocycles. The third-order valence-corrected chi connectivity index (χ3v) is 13.3. The van der Waals surface area contributed by atoms with E-state index in [1.54, 1.807) is 0 Å². The molecular formula is C27H46Br2. The van der Waals surface area contributed by atoms with Crippen LogP contribution in [-0.4, -0.2) is 9.15 Å². The van der Waals surface area contributed by atoms with E-state index in [0.29, 0.717) is 15.2 Å². The van der Waals surface area contributed by atoms with Gasteiger partial charge in [0.15, 0.2) is 0 Å². The summed E-state index contributed by atoms with van der Waals surface area (Å²) < 4.78 is 0.392. The first-order valence-corrected chi connectivity index (χ1v) is 14.6. The van der Waals surface area contributed by atoms with E-state index in [1.807, 2.05) is 0 Å². The fraction of sp³-hybridized carbons (Fsp3) is 1.00. The van der Waals surface area contributed by atoms with Gasteiger partial charge in [-0.25, -0.2) is 0 Å². The fourth-order valence-corrected chi connectivity index (χ4v) is 11.5. The van der Waals surface area contributed by atoms with Gasteiger partial charge in [-0.1, -0.05) is 85.7 Å². The molecule has 4 aliphatic rings. The normalized spacial score (nSPS) is 50.7. The Bertz CT molecular complexity index is 587. The van der Waals surface area contributed by atoms with Crippen LogP contribution in [0.4, 0.5) is 0 Å². The number of rotatable bonds is 5. The van der Waals surface area contributed by atoms with Gasteiger partial charge in [-0.15, -0.1) is 0 Å². The summed E-state index contributed by atoms with van der Waals surface area (Å²) in [5, 5.41) is 0. The first-order valence-electron chi connectivity index (χ1n) is 12.9. The molecule has 0 aromatic rings. The molecule has 0 saturated heterocycles. The van der Waals surface area contributed by atoms with Crippen LogP contribution in [0.3, 0.4) is 0 Å². The lowest BCUT2D eigenvalue weighted by molar-refractivity contribution is -0.0999. The summed E-state index contributed by atoms with van der Waals surface area (Å²) in [6.07, 6.45) is 17.4. The lowest BCUT2D eigenvalue weighted by Crippen LogP contribution is -2.59. The van der Waals surface area contributed by atoms with Crippen molar-refractivity contribution in [3.63, 3.8) is 0 Å². The van der Waals surface area contributed by atoms with Gasteiger partial charge < -0.3 is 0 Å². The molecular weight excluding hydrogens is 484 g/mol. The quantitative estimate of drug-likeness (QED) is 0.311. The topological polar surface area (TPSA) is 0 Å². The van der Waals surface area contributed by atoms with Crippen molar-refractivity contribution in [1.29, 1.82) is 0 Å². The Morgan fingerprint density at radius 2 is 1.62 bits per heavy atom. The smallest absolute Gasteiger partial charge is 0.0325 e. The average molecular weight is 530 g/mol. The summed E-state index contributed by atoms with van der Waals surface area (Å²) in [7, 11) is 0. The summed E-state index contributed by atoms with van der Waals surface area (Å²) in [5.74, 6) is 5.76. The molecule has 0 nitrogen and oxygen atoms in total. The number of halogens is 2. The summed E-state index contributed by atoms with van der Waals surface area (Å²) in [6.45, 7) is 12.8. The van der Waals surface area contributed by atoms with E-state index in [1.165, 1.54) is 77.0 Å². The predicted octanol–water partition coefficient (Wildman–Crippen LogP) is 9.39. The number of hydrogen-bond acceptors (Lipinski definition) is 0. The maximum atomic E-state index is 4.36. The minimum absolute atomic E-state index is 0.392. The van der Waals surface area contributed by atoms with Crippen LogP contribution in [0.5, 0.6) is 0 Å². The second-order valence-electron chi connectivity index (χ2n) is 12.7.